The second-order valence-electron chi connectivity index (χ2n) is 6.73. The third-order valence-corrected chi connectivity index (χ3v) is 5.47. The number of thiazole rings is 1. The number of nitrogens with zero attached hydrogens (tertiary/aromatic N) is 2. The molecule has 7 nitrogen and oxygen atoms in total. The molecule has 1 heterocycles. The summed E-state index contributed by atoms with van der Waals surface area (Å²) in [6.45, 7) is 6.85. The number of hydrogen-bond acceptors (Lipinski definition) is 7. The predicted octanol–water partition coefficient (Wildman–Crippen LogP) is 4.34. The Hall–Kier alpha value is -3.39. The Morgan fingerprint density at radius 3 is 2.74 bits per heavy atom. The van der Waals surface area contributed by atoms with E-state index in [9.17, 15) is 4.79 Å². The van der Waals surface area contributed by atoms with Crippen LogP contribution in [0.15, 0.2) is 47.6 Å². The molecule has 3 aromatic rings. The van der Waals surface area contributed by atoms with Gasteiger partial charge in [-0.05, 0) is 55.2 Å². The van der Waals surface area contributed by atoms with Gasteiger partial charge in [-0.15, -0.1) is 0 Å². The van der Waals surface area contributed by atoms with Gasteiger partial charge >= 0.3 is 0 Å². The molecule has 0 bridgehead atoms. The fourth-order valence-corrected chi connectivity index (χ4v) is 3.73. The summed E-state index contributed by atoms with van der Waals surface area (Å²) in [7, 11) is 0. The molecule has 31 heavy (non-hydrogen) atoms. The number of benzene rings is 2. The number of amides is 1. The highest BCUT2D eigenvalue weighted by Gasteiger charge is 2.15. The second-order valence-corrected chi connectivity index (χ2v) is 7.77. The molecule has 8 heteroatoms. The number of hydrogen-bond donors (Lipinski definition) is 2. The van der Waals surface area contributed by atoms with Crippen molar-refractivity contribution in [3.8, 4) is 11.5 Å². The van der Waals surface area contributed by atoms with Gasteiger partial charge in [0.1, 0.15) is 11.5 Å². The van der Waals surface area contributed by atoms with Gasteiger partial charge in [0, 0.05) is 0 Å². The molecule has 0 saturated carbocycles. The van der Waals surface area contributed by atoms with E-state index in [-0.39, 0.29) is 5.91 Å². The van der Waals surface area contributed by atoms with Crippen LogP contribution in [0.25, 0.3) is 0 Å². The van der Waals surface area contributed by atoms with Crippen LogP contribution < -0.4 is 20.6 Å². The maximum atomic E-state index is 12.3. The predicted molar refractivity (Wildman–Crippen MR) is 124 cm³/mol. The lowest BCUT2D eigenvalue weighted by Crippen LogP contribution is -2.17. The minimum Gasteiger partial charge on any atom is -0.490 e. The highest BCUT2D eigenvalue weighted by Crippen LogP contribution is 2.29. The molecule has 0 unspecified atom stereocenters. The van der Waals surface area contributed by atoms with E-state index < -0.39 is 0 Å². The van der Waals surface area contributed by atoms with E-state index in [4.69, 9.17) is 15.2 Å². The van der Waals surface area contributed by atoms with Crippen LogP contribution >= 0.6 is 11.3 Å². The molecule has 0 aliphatic carbocycles. The Morgan fingerprint density at radius 2 is 2.00 bits per heavy atom. The largest absolute Gasteiger partial charge is 0.490 e. The Morgan fingerprint density at radius 1 is 1.19 bits per heavy atom. The quantitative estimate of drug-likeness (QED) is 0.382. The topological polar surface area (TPSA) is 98.8 Å². The first kappa shape index (κ1) is 22.3. The van der Waals surface area contributed by atoms with Crippen LogP contribution in [0.1, 0.15) is 45.9 Å². The number of aromatic nitrogens is 1. The van der Waals surface area contributed by atoms with Crippen LogP contribution in [0.2, 0.25) is 0 Å². The first-order valence-corrected chi connectivity index (χ1v) is 10.9. The molecule has 0 aliphatic rings. The molecule has 1 aromatic heterocycles. The first-order chi connectivity index (χ1) is 15.0. The van der Waals surface area contributed by atoms with E-state index in [2.05, 4.69) is 28.5 Å². The highest BCUT2D eigenvalue weighted by molar-refractivity contribution is 7.17. The lowest BCUT2D eigenvalue weighted by Gasteiger charge is -2.13. The van der Waals surface area contributed by atoms with Crippen molar-refractivity contribution in [3.05, 3.63) is 69.7 Å². The number of carbonyl (C=O) groups is 1. The van der Waals surface area contributed by atoms with Crippen molar-refractivity contribution in [1.29, 1.82) is 0 Å². The zero-order chi connectivity index (χ0) is 22.2. The van der Waals surface area contributed by atoms with Gasteiger partial charge in [0.15, 0.2) is 16.6 Å². The van der Waals surface area contributed by atoms with E-state index in [1.807, 2.05) is 50.2 Å². The minimum atomic E-state index is -0.328. The molecule has 0 atom stereocenters. The summed E-state index contributed by atoms with van der Waals surface area (Å²) in [6, 6.07) is 13.6. The average Bonchev–Trinajstić information content (AvgIpc) is 3.15. The normalized spacial score (nSPS) is 10.9. The third-order valence-electron chi connectivity index (χ3n) is 4.55. The number of nitrogen functional groups attached to an aromatic ring is 1. The number of rotatable bonds is 9. The van der Waals surface area contributed by atoms with E-state index in [0.29, 0.717) is 46.8 Å². The number of ether oxygens (including phenoxy) is 2. The van der Waals surface area contributed by atoms with E-state index in [0.717, 1.165) is 22.5 Å². The summed E-state index contributed by atoms with van der Waals surface area (Å²) in [5, 5.41) is 4.42. The summed E-state index contributed by atoms with van der Waals surface area (Å²) in [5.74, 6) is 0.944. The SMILES string of the molecule is CCOc1cc(/C=N/NC(=O)c2sc(N)nc2CC)ccc1OCc1ccccc1C. The third kappa shape index (κ3) is 5.82. The van der Waals surface area contributed by atoms with Gasteiger partial charge in [-0.25, -0.2) is 10.4 Å². The van der Waals surface area contributed by atoms with Crippen molar-refractivity contribution in [2.24, 2.45) is 5.10 Å². The van der Waals surface area contributed by atoms with Crippen molar-refractivity contribution >= 4 is 28.6 Å². The fourth-order valence-electron chi connectivity index (χ4n) is 2.92. The van der Waals surface area contributed by atoms with E-state index >= 15 is 0 Å². The number of anilines is 1. The van der Waals surface area contributed by atoms with Crippen molar-refractivity contribution < 1.29 is 14.3 Å². The minimum absolute atomic E-state index is 0.328. The molecule has 3 N–H and O–H groups in total. The summed E-state index contributed by atoms with van der Waals surface area (Å²) in [6.07, 6.45) is 2.18. The monoisotopic (exact) mass is 438 g/mol. The van der Waals surface area contributed by atoms with Gasteiger partial charge in [-0.1, -0.05) is 42.5 Å². The van der Waals surface area contributed by atoms with Gasteiger partial charge < -0.3 is 15.2 Å². The number of hydrazone groups is 1. The second kappa shape index (κ2) is 10.6. The van der Waals surface area contributed by atoms with Crippen LogP contribution in [-0.4, -0.2) is 23.7 Å². The first-order valence-electron chi connectivity index (χ1n) is 10.0. The molecular formula is C23H26N4O3S. The van der Waals surface area contributed by atoms with Crippen LogP contribution in [-0.2, 0) is 13.0 Å². The van der Waals surface area contributed by atoms with E-state index in [1.54, 1.807) is 6.21 Å². The molecule has 3 rings (SSSR count). The van der Waals surface area contributed by atoms with Crippen molar-refractivity contribution in [3.63, 3.8) is 0 Å². The van der Waals surface area contributed by atoms with Crippen LogP contribution in [0.5, 0.6) is 11.5 Å². The lowest BCUT2D eigenvalue weighted by atomic mass is 10.1. The van der Waals surface area contributed by atoms with Crippen molar-refractivity contribution in [1.82, 2.24) is 10.4 Å². The van der Waals surface area contributed by atoms with Gasteiger partial charge in [0.25, 0.3) is 5.91 Å². The molecule has 0 radical (unpaired) electrons. The molecule has 0 spiro atoms. The van der Waals surface area contributed by atoms with Gasteiger partial charge in [0.2, 0.25) is 0 Å². The smallest absolute Gasteiger partial charge is 0.283 e. The molecule has 0 fully saturated rings. The Bertz CT molecular complexity index is 1080. The molecule has 162 valence electrons. The van der Waals surface area contributed by atoms with E-state index in [1.165, 1.54) is 5.56 Å². The van der Waals surface area contributed by atoms with Crippen molar-refractivity contribution in [2.75, 3.05) is 12.3 Å². The maximum absolute atomic E-state index is 12.3. The number of nitrogens with one attached hydrogen (secondary N) is 1. The number of aryl methyl sites for hydroxylation is 2. The van der Waals surface area contributed by atoms with Gasteiger partial charge in [0.05, 0.1) is 18.5 Å². The Kier molecular flexibility index (Phi) is 7.61. The standard InChI is InChI=1S/C23H26N4O3S/c1-4-18-21(31-23(24)26-18)22(28)27-25-13-16-10-11-19(20(12-16)29-5-2)30-14-17-9-7-6-8-15(17)3/h6-13H,4-5,14H2,1-3H3,(H2,24,26)(H,27,28)/b25-13+. The summed E-state index contributed by atoms with van der Waals surface area (Å²) >= 11 is 1.15. The zero-order valence-electron chi connectivity index (χ0n) is 17.8. The maximum Gasteiger partial charge on any atom is 0.283 e. The van der Waals surface area contributed by atoms with Gasteiger partial charge in [-0.2, -0.15) is 5.10 Å². The Labute approximate surface area is 185 Å². The molecular weight excluding hydrogens is 412 g/mol. The molecule has 1 amide bonds. The van der Waals surface area contributed by atoms with Crippen molar-refractivity contribution in [2.45, 2.75) is 33.8 Å². The number of carbonyl (C=O) groups excluding carboxylic acids is 1. The van der Waals surface area contributed by atoms with Crippen LogP contribution in [0.4, 0.5) is 5.13 Å². The molecule has 2 aromatic carbocycles. The fraction of sp³-hybridized carbons (Fsp3) is 0.261. The van der Waals surface area contributed by atoms with Crippen LogP contribution in [0.3, 0.4) is 0 Å². The van der Waals surface area contributed by atoms with Gasteiger partial charge in [-0.3, -0.25) is 4.79 Å². The number of nitrogens with two attached hydrogens (primary N) is 1. The summed E-state index contributed by atoms with van der Waals surface area (Å²) in [5.41, 5.74) is 12.0. The lowest BCUT2D eigenvalue weighted by molar-refractivity contribution is 0.0958. The Balaban J connectivity index is 1.68. The summed E-state index contributed by atoms with van der Waals surface area (Å²) in [4.78, 5) is 17.0. The highest BCUT2D eigenvalue weighted by atomic mass is 32.1. The molecule has 0 saturated heterocycles. The molecule has 0 aliphatic heterocycles. The van der Waals surface area contributed by atoms with Crippen LogP contribution in [0, 0.1) is 6.92 Å². The summed E-state index contributed by atoms with van der Waals surface area (Å²) < 4.78 is 11.7. The zero-order valence-corrected chi connectivity index (χ0v) is 18.7. The average molecular weight is 439 g/mol.